The van der Waals surface area contributed by atoms with Gasteiger partial charge in [0.15, 0.2) is 0 Å². The van der Waals surface area contributed by atoms with Crippen LogP contribution in [0.25, 0.3) is 10.7 Å². The smallest absolute Gasteiger partial charge is 0.253 e. The van der Waals surface area contributed by atoms with Gasteiger partial charge in [0.1, 0.15) is 0 Å². The van der Waals surface area contributed by atoms with Crippen molar-refractivity contribution >= 4 is 17.2 Å². The summed E-state index contributed by atoms with van der Waals surface area (Å²) in [6.07, 6.45) is 1.89. The van der Waals surface area contributed by atoms with Gasteiger partial charge in [-0.1, -0.05) is 44.1 Å². The first kappa shape index (κ1) is 18.9. The molecule has 0 aliphatic carbocycles. The molecule has 1 saturated heterocycles. The summed E-state index contributed by atoms with van der Waals surface area (Å²) in [4.78, 5) is 20.5. The summed E-state index contributed by atoms with van der Waals surface area (Å²) in [6, 6.07) is 11.9. The van der Waals surface area contributed by atoms with E-state index in [1.807, 2.05) is 34.5 Å². The SMILES string of the molecule is CC(C)(C)c1ccc(C(=O)N2CCC[C@H](c3nc(-c4cccs4)no3)C2)cc1. The molecule has 0 spiro atoms. The van der Waals surface area contributed by atoms with E-state index >= 15 is 0 Å². The van der Waals surface area contributed by atoms with Crippen LogP contribution < -0.4 is 0 Å². The average Bonchev–Trinajstić information content (AvgIpc) is 3.38. The lowest BCUT2D eigenvalue weighted by molar-refractivity contribution is 0.0695. The van der Waals surface area contributed by atoms with Gasteiger partial charge in [-0.15, -0.1) is 11.3 Å². The molecular weight excluding hydrogens is 370 g/mol. The highest BCUT2D eigenvalue weighted by atomic mass is 32.1. The molecule has 1 amide bonds. The summed E-state index contributed by atoms with van der Waals surface area (Å²) in [7, 11) is 0. The third kappa shape index (κ3) is 3.87. The third-order valence-electron chi connectivity index (χ3n) is 5.24. The molecule has 28 heavy (non-hydrogen) atoms. The fourth-order valence-corrected chi connectivity index (χ4v) is 4.21. The van der Waals surface area contributed by atoms with Gasteiger partial charge in [0, 0.05) is 18.7 Å². The minimum absolute atomic E-state index is 0.0724. The quantitative estimate of drug-likeness (QED) is 0.618. The van der Waals surface area contributed by atoms with E-state index < -0.39 is 0 Å². The van der Waals surface area contributed by atoms with E-state index in [4.69, 9.17) is 4.52 Å². The molecule has 6 heteroatoms. The number of amides is 1. The molecule has 0 radical (unpaired) electrons. The summed E-state index contributed by atoms with van der Waals surface area (Å²) in [6.45, 7) is 7.91. The number of likely N-dealkylation sites (tertiary alicyclic amines) is 1. The van der Waals surface area contributed by atoms with Gasteiger partial charge < -0.3 is 9.42 Å². The van der Waals surface area contributed by atoms with Crippen molar-refractivity contribution < 1.29 is 9.32 Å². The summed E-state index contributed by atoms with van der Waals surface area (Å²) >= 11 is 1.59. The summed E-state index contributed by atoms with van der Waals surface area (Å²) in [5.41, 5.74) is 2.04. The van der Waals surface area contributed by atoms with E-state index in [1.165, 1.54) is 5.56 Å². The summed E-state index contributed by atoms with van der Waals surface area (Å²) < 4.78 is 5.52. The topological polar surface area (TPSA) is 59.2 Å². The molecule has 3 aromatic rings. The standard InChI is InChI=1S/C22H25N3O2S/c1-22(2,3)17-10-8-15(9-11-17)21(26)25-12-4-6-16(14-25)20-23-19(24-27-20)18-7-5-13-28-18/h5,7-11,13,16H,4,6,12,14H2,1-3H3/t16-/m0/s1. The van der Waals surface area contributed by atoms with Crippen molar-refractivity contribution in [1.29, 1.82) is 0 Å². The number of benzene rings is 1. The summed E-state index contributed by atoms with van der Waals surface area (Å²) in [5, 5.41) is 6.11. The van der Waals surface area contributed by atoms with E-state index in [0.717, 1.165) is 29.8 Å². The van der Waals surface area contributed by atoms with Gasteiger partial charge >= 0.3 is 0 Å². The Bertz CT molecular complexity index is 939. The second-order valence-electron chi connectivity index (χ2n) is 8.35. The molecular formula is C22H25N3O2S. The van der Waals surface area contributed by atoms with E-state index in [2.05, 4.69) is 43.0 Å². The van der Waals surface area contributed by atoms with Gasteiger partial charge in [-0.3, -0.25) is 4.79 Å². The summed E-state index contributed by atoms with van der Waals surface area (Å²) in [5.74, 6) is 1.42. The molecule has 1 aliphatic rings. The molecule has 1 aliphatic heterocycles. The number of hydrogen-bond acceptors (Lipinski definition) is 5. The van der Waals surface area contributed by atoms with Gasteiger partial charge in [0.05, 0.1) is 10.8 Å². The number of rotatable bonds is 3. The molecule has 146 valence electrons. The van der Waals surface area contributed by atoms with Gasteiger partial charge in [-0.05, 0) is 47.4 Å². The Hall–Kier alpha value is -2.47. The Morgan fingerprint density at radius 3 is 2.68 bits per heavy atom. The molecule has 0 bridgehead atoms. The van der Waals surface area contributed by atoms with Crippen molar-refractivity contribution in [1.82, 2.24) is 15.0 Å². The number of carbonyl (C=O) groups excluding carboxylic acids is 1. The molecule has 0 unspecified atom stereocenters. The van der Waals surface area contributed by atoms with Crippen LogP contribution in [0.3, 0.4) is 0 Å². The lowest BCUT2D eigenvalue weighted by Gasteiger charge is -2.31. The lowest BCUT2D eigenvalue weighted by atomic mass is 9.86. The van der Waals surface area contributed by atoms with Crippen LogP contribution >= 0.6 is 11.3 Å². The van der Waals surface area contributed by atoms with E-state index in [1.54, 1.807) is 11.3 Å². The molecule has 0 saturated carbocycles. The van der Waals surface area contributed by atoms with Crippen molar-refractivity contribution in [3.63, 3.8) is 0 Å². The third-order valence-corrected chi connectivity index (χ3v) is 6.10. The van der Waals surface area contributed by atoms with Gasteiger partial charge in [0.25, 0.3) is 5.91 Å². The molecule has 3 heterocycles. The zero-order valence-electron chi connectivity index (χ0n) is 16.5. The van der Waals surface area contributed by atoms with Crippen LogP contribution in [0.4, 0.5) is 0 Å². The monoisotopic (exact) mass is 395 g/mol. The number of aromatic nitrogens is 2. The van der Waals surface area contributed by atoms with Crippen molar-refractivity contribution in [3.8, 4) is 10.7 Å². The number of thiophene rings is 1. The number of piperidine rings is 1. The maximum Gasteiger partial charge on any atom is 0.253 e. The lowest BCUT2D eigenvalue weighted by Crippen LogP contribution is -2.39. The predicted octanol–water partition coefficient (Wildman–Crippen LogP) is 5.12. The molecule has 2 aromatic heterocycles. The molecule has 1 atom stereocenters. The van der Waals surface area contributed by atoms with Crippen LogP contribution in [0.2, 0.25) is 0 Å². The normalized spacial score (nSPS) is 17.7. The maximum atomic E-state index is 13.0. The molecule has 1 fully saturated rings. The second-order valence-corrected chi connectivity index (χ2v) is 9.30. The van der Waals surface area contributed by atoms with Crippen LogP contribution in [0, 0.1) is 0 Å². The Kier molecular flexibility index (Phi) is 5.06. The number of hydrogen-bond donors (Lipinski definition) is 0. The van der Waals surface area contributed by atoms with Gasteiger partial charge in [-0.25, -0.2) is 0 Å². The Balaban J connectivity index is 1.47. The largest absolute Gasteiger partial charge is 0.339 e. The fraction of sp³-hybridized carbons (Fsp3) is 0.409. The highest BCUT2D eigenvalue weighted by Gasteiger charge is 2.29. The minimum atomic E-state index is 0.0724. The Morgan fingerprint density at radius 2 is 2.00 bits per heavy atom. The molecule has 4 rings (SSSR count). The van der Waals surface area contributed by atoms with E-state index in [9.17, 15) is 4.79 Å². The minimum Gasteiger partial charge on any atom is -0.339 e. The second kappa shape index (κ2) is 7.51. The average molecular weight is 396 g/mol. The van der Waals surface area contributed by atoms with Crippen molar-refractivity contribution in [2.45, 2.75) is 44.9 Å². The van der Waals surface area contributed by atoms with Crippen LogP contribution in [0.15, 0.2) is 46.3 Å². The number of carbonyl (C=O) groups is 1. The molecule has 0 N–H and O–H groups in total. The van der Waals surface area contributed by atoms with Crippen molar-refractivity contribution in [3.05, 3.63) is 58.8 Å². The molecule has 5 nitrogen and oxygen atoms in total. The highest BCUT2D eigenvalue weighted by Crippen LogP contribution is 2.30. The zero-order valence-corrected chi connectivity index (χ0v) is 17.3. The van der Waals surface area contributed by atoms with Crippen LogP contribution in [0.5, 0.6) is 0 Å². The predicted molar refractivity (Wildman–Crippen MR) is 111 cm³/mol. The van der Waals surface area contributed by atoms with E-state index in [-0.39, 0.29) is 17.2 Å². The van der Waals surface area contributed by atoms with Crippen molar-refractivity contribution in [2.75, 3.05) is 13.1 Å². The first-order valence-corrected chi connectivity index (χ1v) is 10.6. The molecule has 1 aromatic carbocycles. The van der Waals surface area contributed by atoms with Crippen LogP contribution in [0.1, 0.15) is 61.3 Å². The first-order chi connectivity index (χ1) is 13.4. The van der Waals surface area contributed by atoms with Gasteiger partial charge in [0.2, 0.25) is 11.7 Å². The zero-order chi connectivity index (χ0) is 19.7. The number of nitrogens with zero attached hydrogens (tertiary/aromatic N) is 3. The highest BCUT2D eigenvalue weighted by molar-refractivity contribution is 7.13. The maximum absolute atomic E-state index is 13.0. The Labute approximate surface area is 169 Å². The Morgan fingerprint density at radius 1 is 1.21 bits per heavy atom. The van der Waals surface area contributed by atoms with E-state index in [0.29, 0.717) is 18.3 Å². The fourth-order valence-electron chi connectivity index (χ4n) is 3.57. The van der Waals surface area contributed by atoms with Crippen molar-refractivity contribution in [2.24, 2.45) is 0 Å². The first-order valence-electron chi connectivity index (χ1n) is 9.69. The van der Waals surface area contributed by atoms with Crippen LogP contribution in [-0.4, -0.2) is 34.0 Å². The van der Waals surface area contributed by atoms with Gasteiger partial charge in [-0.2, -0.15) is 4.98 Å². The van der Waals surface area contributed by atoms with Crippen LogP contribution in [-0.2, 0) is 5.41 Å².